The lowest BCUT2D eigenvalue weighted by Gasteiger charge is -2.32. The van der Waals surface area contributed by atoms with E-state index in [9.17, 15) is 13.2 Å². The van der Waals surface area contributed by atoms with Crippen molar-refractivity contribution in [3.63, 3.8) is 0 Å². The normalized spacial score (nSPS) is 15.2. The number of nitrogens with one attached hydrogen (secondary N) is 1. The molecule has 1 amide bonds. The third-order valence-corrected chi connectivity index (χ3v) is 7.83. The molecule has 3 aromatic carbocycles. The van der Waals surface area contributed by atoms with Crippen LogP contribution in [0, 0.1) is 0 Å². The Bertz CT molecular complexity index is 1200. The number of benzene rings is 3. The van der Waals surface area contributed by atoms with Crippen molar-refractivity contribution in [1.82, 2.24) is 15.1 Å². The monoisotopic (exact) mass is 477 g/mol. The van der Waals surface area contributed by atoms with Crippen molar-refractivity contribution in [3.05, 3.63) is 101 Å². The molecule has 0 saturated carbocycles. The van der Waals surface area contributed by atoms with E-state index in [0.29, 0.717) is 22.6 Å². The molecule has 1 N–H and O–H groups in total. The van der Waals surface area contributed by atoms with Crippen molar-refractivity contribution in [1.29, 1.82) is 0 Å². The van der Waals surface area contributed by atoms with Crippen LogP contribution in [0.5, 0.6) is 0 Å². The molecule has 1 aliphatic rings. The summed E-state index contributed by atoms with van der Waals surface area (Å²) in [7, 11) is -1.26. The molecule has 34 heavy (non-hydrogen) atoms. The summed E-state index contributed by atoms with van der Waals surface area (Å²) in [5.74, 6) is -0.277. The second-order valence-electron chi connectivity index (χ2n) is 8.85. The lowest BCUT2D eigenvalue weighted by atomic mass is 10.1. The number of piperazine rings is 1. The zero-order chi connectivity index (χ0) is 24.0. The van der Waals surface area contributed by atoms with Crippen LogP contribution in [0.3, 0.4) is 0 Å². The molecule has 0 spiro atoms. The van der Waals surface area contributed by atoms with Crippen LogP contribution in [0.15, 0.2) is 83.8 Å². The lowest BCUT2D eigenvalue weighted by molar-refractivity contribution is 0.0951. The van der Waals surface area contributed by atoms with Gasteiger partial charge in [0.2, 0.25) is 0 Å². The Hall–Kier alpha value is -3.00. The van der Waals surface area contributed by atoms with Crippen LogP contribution in [0.1, 0.15) is 27.0 Å². The number of sulfone groups is 1. The van der Waals surface area contributed by atoms with Gasteiger partial charge in [-0.05, 0) is 48.0 Å². The van der Waals surface area contributed by atoms with Crippen molar-refractivity contribution >= 4 is 15.7 Å². The van der Waals surface area contributed by atoms with Gasteiger partial charge in [-0.2, -0.15) is 0 Å². The minimum absolute atomic E-state index is 0.0982. The van der Waals surface area contributed by atoms with Crippen LogP contribution in [0.25, 0.3) is 0 Å². The largest absolute Gasteiger partial charge is 0.348 e. The fourth-order valence-corrected chi connectivity index (χ4v) is 5.44. The van der Waals surface area contributed by atoms with E-state index >= 15 is 0 Å². The van der Waals surface area contributed by atoms with E-state index in [4.69, 9.17) is 0 Å². The van der Waals surface area contributed by atoms with Gasteiger partial charge in [0.05, 0.1) is 10.6 Å². The summed E-state index contributed by atoms with van der Waals surface area (Å²) >= 11 is 0. The summed E-state index contributed by atoms with van der Waals surface area (Å²) in [6.07, 6.45) is 0. The Labute approximate surface area is 202 Å². The standard InChI is InChI=1S/C27H31N3O3S/c1-29-14-16-30(17-15-29)20-24-7-5-6-23(18-24)19-28-27(31)25-12-10-22(11-13-25)21-34(32,33)26-8-3-2-4-9-26/h2-13,18H,14-17,19-21H2,1H3,(H,28,31). The van der Waals surface area contributed by atoms with Gasteiger partial charge in [-0.25, -0.2) is 8.42 Å². The number of hydrogen-bond acceptors (Lipinski definition) is 5. The molecular weight excluding hydrogens is 446 g/mol. The summed E-state index contributed by atoms with van der Waals surface area (Å²) in [4.78, 5) is 17.7. The van der Waals surface area contributed by atoms with Gasteiger partial charge in [0.15, 0.2) is 9.84 Å². The van der Waals surface area contributed by atoms with Crippen molar-refractivity contribution < 1.29 is 13.2 Å². The Morgan fingerprint density at radius 2 is 1.50 bits per heavy atom. The van der Waals surface area contributed by atoms with E-state index in [1.54, 1.807) is 54.6 Å². The Balaban J connectivity index is 1.31. The van der Waals surface area contributed by atoms with Gasteiger partial charge in [0.25, 0.3) is 5.91 Å². The second-order valence-corrected chi connectivity index (χ2v) is 10.8. The highest BCUT2D eigenvalue weighted by Crippen LogP contribution is 2.17. The predicted molar refractivity (Wildman–Crippen MR) is 134 cm³/mol. The minimum Gasteiger partial charge on any atom is -0.348 e. The van der Waals surface area contributed by atoms with Crippen LogP contribution in [0.2, 0.25) is 0 Å². The summed E-state index contributed by atoms with van der Waals surface area (Å²) < 4.78 is 25.1. The zero-order valence-electron chi connectivity index (χ0n) is 19.5. The summed E-state index contributed by atoms with van der Waals surface area (Å²) in [6.45, 7) is 5.68. The number of nitrogens with zero attached hydrogens (tertiary/aromatic N) is 2. The van der Waals surface area contributed by atoms with Crippen LogP contribution in [-0.4, -0.2) is 57.4 Å². The van der Waals surface area contributed by atoms with Crippen molar-refractivity contribution in [2.75, 3.05) is 33.2 Å². The van der Waals surface area contributed by atoms with Crippen molar-refractivity contribution in [2.45, 2.75) is 23.7 Å². The van der Waals surface area contributed by atoms with Crippen LogP contribution >= 0.6 is 0 Å². The molecule has 0 unspecified atom stereocenters. The third kappa shape index (κ3) is 6.53. The van der Waals surface area contributed by atoms with E-state index in [1.807, 2.05) is 12.1 Å². The first-order chi connectivity index (χ1) is 16.4. The SMILES string of the molecule is CN1CCN(Cc2cccc(CNC(=O)c3ccc(CS(=O)(=O)c4ccccc4)cc3)c2)CC1. The lowest BCUT2D eigenvalue weighted by Crippen LogP contribution is -2.43. The molecule has 0 aromatic heterocycles. The highest BCUT2D eigenvalue weighted by atomic mass is 32.2. The highest BCUT2D eigenvalue weighted by molar-refractivity contribution is 7.90. The molecule has 178 valence electrons. The molecule has 6 nitrogen and oxygen atoms in total. The van der Waals surface area contributed by atoms with Crippen molar-refractivity contribution in [3.8, 4) is 0 Å². The Morgan fingerprint density at radius 3 is 2.21 bits per heavy atom. The molecule has 4 rings (SSSR count). The maximum atomic E-state index is 12.6. The summed E-state index contributed by atoms with van der Waals surface area (Å²) in [5, 5.41) is 2.97. The van der Waals surface area contributed by atoms with E-state index in [0.717, 1.165) is 38.3 Å². The fraction of sp³-hybridized carbons (Fsp3) is 0.296. The van der Waals surface area contributed by atoms with E-state index in [2.05, 4.69) is 34.3 Å². The topological polar surface area (TPSA) is 69.7 Å². The zero-order valence-corrected chi connectivity index (χ0v) is 20.3. The molecular formula is C27H31N3O3S. The molecule has 1 fully saturated rings. The van der Waals surface area contributed by atoms with Gasteiger partial charge in [0.1, 0.15) is 0 Å². The van der Waals surface area contributed by atoms with Gasteiger partial charge < -0.3 is 10.2 Å². The molecule has 1 heterocycles. The molecule has 1 saturated heterocycles. The molecule has 3 aromatic rings. The van der Waals surface area contributed by atoms with Crippen molar-refractivity contribution in [2.24, 2.45) is 0 Å². The van der Waals surface area contributed by atoms with E-state index < -0.39 is 9.84 Å². The molecule has 0 atom stereocenters. The first-order valence-corrected chi connectivity index (χ1v) is 13.2. The molecule has 0 bridgehead atoms. The predicted octanol–water partition coefficient (Wildman–Crippen LogP) is 3.34. The molecule has 7 heteroatoms. The Morgan fingerprint density at radius 1 is 0.824 bits per heavy atom. The smallest absolute Gasteiger partial charge is 0.251 e. The molecule has 0 aliphatic carbocycles. The first-order valence-electron chi connectivity index (χ1n) is 11.5. The fourth-order valence-electron chi connectivity index (χ4n) is 4.07. The number of amides is 1. The van der Waals surface area contributed by atoms with Gasteiger partial charge in [-0.15, -0.1) is 0 Å². The van der Waals surface area contributed by atoms with E-state index in [1.165, 1.54) is 5.56 Å². The average Bonchev–Trinajstić information content (AvgIpc) is 2.85. The van der Waals surface area contributed by atoms with Gasteiger partial charge in [-0.3, -0.25) is 9.69 Å². The maximum absolute atomic E-state index is 12.6. The van der Waals surface area contributed by atoms with Gasteiger partial charge >= 0.3 is 0 Å². The average molecular weight is 478 g/mol. The minimum atomic E-state index is -3.42. The number of carbonyl (C=O) groups excluding carboxylic acids is 1. The highest BCUT2D eigenvalue weighted by Gasteiger charge is 2.16. The second kappa shape index (κ2) is 11.0. The van der Waals surface area contributed by atoms with Crippen LogP contribution in [0.4, 0.5) is 0 Å². The summed E-state index contributed by atoms with van der Waals surface area (Å²) in [6, 6.07) is 23.5. The van der Waals surface area contributed by atoms with E-state index in [-0.39, 0.29) is 11.7 Å². The third-order valence-electron chi connectivity index (χ3n) is 6.12. The Kier molecular flexibility index (Phi) is 7.77. The van der Waals surface area contributed by atoms with Crippen LogP contribution < -0.4 is 5.32 Å². The maximum Gasteiger partial charge on any atom is 0.251 e. The summed E-state index contributed by atoms with van der Waals surface area (Å²) in [5.41, 5.74) is 3.47. The number of hydrogen-bond donors (Lipinski definition) is 1. The number of carbonyl (C=O) groups is 1. The number of likely N-dealkylation sites (N-methyl/N-ethyl adjacent to an activating group) is 1. The van der Waals surface area contributed by atoms with Gasteiger partial charge in [0, 0.05) is 44.8 Å². The van der Waals surface area contributed by atoms with Crippen LogP contribution in [-0.2, 0) is 28.7 Å². The molecule has 0 radical (unpaired) electrons. The number of rotatable bonds is 8. The van der Waals surface area contributed by atoms with Gasteiger partial charge in [-0.1, -0.05) is 54.6 Å². The first kappa shape index (κ1) is 24.1. The molecule has 1 aliphatic heterocycles. The quantitative estimate of drug-likeness (QED) is 0.539.